The van der Waals surface area contributed by atoms with Crippen LogP contribution < -0.4 is 15.0 Å². The monoisotopic (exact) mass is 471 g/mol. The van der Waals surface area contributed by atoms with E-state index in [0.29, 0.717) is 33.1 Å². The van der Waals surface area contributed by atoms with Crippen molar-refractivity contribution in [3.05, 3.63) is 58.9 Å². The minimum Gasteiger partial charge on any atom is -0.482 e. The second-order valence-corrected chi connectivity index (χ2v) is 8.77. The first-order valence-corrected chi connectivity index (χ1v) is 11.3. The first-order chi connectivity index (χ1) is 15.3. The number of nitrogens with one attached hydrogen (secondary N) is 1. The molecule has 166 valence electrons. The molecule has 0 unspecified atom stereocenters. The number of halogens is 1. The van der Waals surface area contributed by atoms with Gasteiger partial charge in [-0.3, -0.25) is 14.5 Å². The predicted octanol–water partition coefficient (Wildman–Crippen LogP) is 3.99. The number of para-hydroxylation sites is 2. The van der Waals surface area contributed by atoms with E-state index in [1.807, 2.05) is 51.2 Å². The smallest absolute Gasteiger partial charge is 0.265 e. The van der Waals surface area contributed by atoms with E-state index < -0.39 is 0 Å². The van der Waals surface area contributed by atoms with Crippen LogP contribution in [0.25, 0.3) is 0 Å². The lowest BCUT2D eigenvalue weighted by atomic mass is 10.1. The Hall–Kier alpha value is -3.04. The molecule has 2 amide bonds. The van der Waals surface area contributed by atoms with E-state index >= 15 is 0 Å². The number of nitrogens with zero attached hydrogens (tertiary/aromatic N) is 4. The summed E-state index contributed by atoms with van der Waals surface area (Å²) in [5, 5.41) is 12.5. The van der Waals surface area contributed by atoms with Gasteiger partial charge >= 0.3 is 0 Å². The molecule has 10 heteroatoms. The Morgan fingerprint density at radius 2 is 2.06 bits per heavy atom. The van der Waals surface area contributed by atoms with Gasteiger partial charge in [0.05, 0.1) is 17.5 Å². The zero-order valence-electron chi connectivity index (χ0n) is 17.8. The zero-order valence-corrected chi connectivity index (χ0v) is 19.4. The van der Waals surface area contributed by atoms with E-state index in [0.717, 1.165) is 5.56 Å². The fraction of sp³-hybridized carbons (Fsp3) is 0.273. The van der Waals surface area contributed by atoms with Crippen molar-refractivity contribution in [3.63, 3.8) is 0 Å². The number of fused-ring (bicyclic) bond motifs is 1. The molecule has 8 nitrogen and oxygen atoms in total. The van der Waals surface area contributed by atoms with E-state index in [1.54, 1.807) is 21.6 Å². The van der Waals surface area contributed by atoms with Crippen LogP contribution in [0.1, 0.15) is 24.4 Å². The van der Waals surface area contributed by atoms with Crippen molar-refractivity contribution in [2.24, 2.45) is 7.05 Å². The number of anilines is 2. The first-order valence-electron chi connectivity index (χ1n) is 9.97. The fourth-order valence-electron chi connectivity index (χ4n) is 3.52. The van der Waals surface area contributed by atoms with Crippen molar-refractivity contribution in [2.45, 2.75) is 25.0 Å². The first kappa shape index (κ1) is 22.2. The molecular formula is C22H22ClN5O3S. The zero-order chi connectivity index (χ0) is 22.8. The van der Waals surface area contributed by atoms with Crippen LogP contribution in [0.15, 0.2) is 47.6 Å². The summed E-state index contributed by atoms with van der Waals surface area (Å²) in [4.78, 5) is 26.7. The van der Waals surface area contributed by atoms with Gasteiger partial charge in [-0.2, -0.15) is 0 Å². The quantitative estimate of drug-likeness (QED) is 0.547. The predicted molar refractivity (Wildman–Crippen MR) is 124 cm³/mol. The molecule has 2 heterocycles. The lowest BCUT2D eigenvalue weighted by molar-refractivity contribution is -0.121. The van der Waals surface area contributed by atoms with Crippen molar-refractivity contribution in [1.29, 1.82) is 0 Å². The summed E-state index contributed by atoms with van der Waals surface area (Å²) in [6.07, 6.45) is 0. The molecule has 2 aromatic carbocycles. The largest absolute Gasteiger partial charge is 0.482 e. The Kier molecular flexibility index (Phi) is 6.38. The average Bonchev–Trinajstić information content (AvgIpc) is 3.14. The molecule has 0 spiro atoms. The number of hydrogen-bond donors (Lipinski definition) is 1. The molecule has 0 saturated heterocycles. The number of benzene rings is 2. The number of aromatic nitrogens is 3. The minimum absolute atomic E-state index is 0.0239. The Morgan fingerprint density at radius 3 is 2.88 bits per heavy atom. The topological polar surface area (TPSA) is 89.3 Å². The van der Waals surface area contributed by atoms with Gasteiger partial charge < -0.3 is 14.6 Å². The van der Waals surface area contributed by atoms with Crippen molar-refractivity contribution in [1.82, 2.24) is 14.8 Å². The summed E-state index contributed by atoms with van der Waals surface area (Å²) in [6, 6.07) is 12.4. The molecule has 3 aromatic rings. The van der Waals surface area contributed by atoms with Gasteiger partial charge in [-0.1, -0.05) is 41.6 Å². The number of hydrogen-bond acceptors (Lipinski definition) is 6. The van der Waals surface area contributed by atoms with Gasteiger partial charge in [0.1, 0.15) is 5.75 Å². The van der Waals surface area contributed by atoms with Crippen LogP contribution in [0, 0.1) is 6.92 Å². The van der Waals surface area contributed by atoms with Gasteiger partial charge in [-0.25, -0.2) is 0 Å². The Bertz CT molecular complexity index is 1180. The van der Waals surface area contributed by atoms with E-state index in [4.69, 9.17) is 16.3 Å². The number of carbonyl (C=O) groups excluding carboxylic acids is 2. The summed E-state index contributed by atoms with van der Waals surface area (Å²) >= 11 is 7.29. The average molecular weight is 472 g/mol. The van der Waals surface area contributed by atoms with E-state index in [2.05, 4.69) is 15.5 Å². The Labute approximate surface area is 194 Å². The van der Waals surface area contributed by atoms with Gasteiger partial charge in [-0.15, -0.1) is 10.2 Å². The molecule has 32 heavy (non-hydrogen) atoms. The number of ether oxygens (including phenoxy) is 1. The maximum atomic E-state index is 12.6. The maximum Gasteiger partial charge on any atom is 0.265 e. The number of aryl methyl sites for hydroxylation is 1. The van der Waals surface area contributed by atoms with Gasteiger partial charge in [0.25, 0.3) is 5.91 Å². The highest BCUT2D eigenvalue weighted by Crippen LogP contribution is 2.37. The van der Waals surface area contributed by atoms with Crippen molar-refractivity contribution >= 4 is 46.6 Å². The molecule has 1 atom stereocenters. The van der Waals surface area contributed by atoms with E-state index in [1.165, 1.54) is 11.8 Å². The van der Waals surface area contributed by atoms with Crippen LogP contribution in [0.5, 0.6) is 5.75 Å². The van der Waals surface area contributed by atoms with Gasteiger partial charge in [0, 0.05) is 17.8 Å². The lowest BCUT2D eigenvalue weighted by Crippen LogP contribution is -2.41. The van der Waals surface area contributed by atoms with Crippen molar-refractivity contribution < 1.29 is 14.3 Å². The Balaban J connectivity index is 1.46. The third-order valence-electron chi connectivity index (χ3n) is 5.18. The SMILES string of the molecule is Cc1ccc(Cl)cc1NC(=O)CSc1nnc([C@H](C)N2C(=O)COc3ccccc32)n1C. The number of amides is 2. The van der Waals surface area contributed by atoms with Crippen LogP contribution in [0.3, 0.4) is 0 Å². The second-order valence-electron chi connectivity index (χ2n) is 7.39. The van der Waals surface area contributed by atoms with Crippen molar-refractivity contribution in [2.75, 3.05) is 22.6 Å². The molecular weight excluding hydrogens is 450 g/mol. The summed E-state index contributed by atoms with van der Waals surface area (Å²) < 4.78 is 7.33. The molecule has 1 N–H and O–H groups in total. The van der Waals surface area contributed by atoms with E-state index in [-0.39, 0.29) is 30.2 Å². The summed E-state index contributed by atoms with van der Waals surface area (Å²) in [6.45, 7) is 3.78. The molecule has 1 aromatic heterocycles. The summed E-state index contributed by atoms with van der Waals surface area (Å²) in [5.41, 5.74) is 2.31. The third kappa shape index (κ3) is 4.44. The second kappa shape index (κ2) is 9.22. The molecule has 0 aliphatic carbocycles. The Morgan fingerprint density at radius 1 is 1.28 bits per heavy atom. The number of thioether (sulfide) groups is 1. The third-order valence-corrected chi connectivity index (χ3v) is 6.44. The summed E-state index contributed by atoms with van der Waals surface area (Å²) in [5.74, 6) is 1.11. The highest BCUT2D eigenvalue weighted by Gasteiger charge is 2.32. The van der Waals surface area contributed by atoms with Crippen LogP contribution in [-0.2, 0) is 16.6 Å². The summed E-state index contributed by atoms with van der Waals surface area (Å²) in [7, 11) is 1.82. The molecule has 1 aliphatic heterocycles. The van der Waals surface area contributed by atoms with Crippen LogP contribution >= 0.6 is 23.4 Å². The van der Waals surface area contributed by atoms with Crippen molar-refractivity contribution in [3.8, 4) is 5.75 Å². The molecule has 0 bridgehead atoms. The van der Waals surface area contributed by atoms with Gasteiger partial charge in [0.2, 0.25) is 5.91 Å². The maximum absolute atomic E-state index is 12.6. The van der Waals surface area contributed by atoms with Crippen LogP contribution in [0.2, 0.25) is 5.02 Å². The van der Waals surface area contributed by atoms with E-state index in [9.17, 15) is 9.59 Å². The molecule has 4 rings (SSSR count). The van der Waals surface area contributed by atoms with Crippen LogP contribution in [0.4, 0.5) is 11.4 Å². The van der Waals surface area contributed by atoms with Crippen LogP contribution in [-0.4, -0.2) is 38.9 Å². The molecule has 0 fully saturated rings. The fourth-order valence-corrected chi connectivity index (χ4v) is 4.41. The highest BCUT2D eigenvalue weighted by molar-refractivity contribution is 7.99. The molecule has 1 aliphatic rings. The lowest BCUT2D eigenvalue weighted by Gasteiger charge is -2.33. The normalized spacial score (nSPS) is 14.0. The molecule has 0 radical (unpaired) electrons. The highest BCUT2D eigenvalue weighted by atomic mass is 35.5. The number of rotatable bonds is 6. The molecule has 0 saturated carbocycles. The standard InChI is InChI=1S/C22H22ClN5O3S/c1-13-8-9-15(23)10-16(13)24-19(29)12-32-22-26-25-21(27(22)3)14(2)28-17-6-4-5-7-18(17)31-11-20(28)30/h4-10,14H,11-12H2,1-3H3,(H,24,29)/t14-/m0/s1. The van der Waals surface area contributed by atoms with Gasteiger partial charge in [0.15, 0.2) is 17.6 Å². The van der Waals surface area contributed by atoms with Gasteiger partial charge in [-0.05, 0) is 43.7 Å². The number of carbonyl (C=O) groups is 2. The minimum atomic E-state index is -0.359.